The number of rotatable bonds is 8. The third kappa shape index (κ3) is 4.87. The summed E-state index contributed by atoms with van der Waals surface area (Å²) in [5.41, 5.74) is 3.32. The summed E-state index contributed by atoms with van der Waals surface area (Å²) in [6, 6.07) is 17.8. The number of likely N-dealkylation sites (N-methyl/N-ethyl adjacent to an activating group) is 1. The number of amides is 1. The van der Waals surface area contributed by atoms with E-state index in [0.717, 1.165) is 27.6 Å². The lowest BCUT2D eigenvalue weighted by atomic mass is 10.1. The molecule has 0 bridgehead atoms. The van der Waals surface area contributed by atoms with E-state index >= 15 is 0 Å². The number of hydrogen-bond acceptors (Lipinski definition) is 6. The predicted molar refractivity (Wildman–Crippen MR) is 126 cm³/mol. The normalized spacial score (nSPS) is 12.0. The number of carbonyl (C=O) groups is 1. The van der Waals surface area contributed by atoms with Gasteiger partial charge in [0.15, 0.2) is 0 Å². The molecule has 32 heavy (non-hydrogen) atoms. The van der Waals surface area contributed by atoms with E-state index in [1.165, 1.54) is 11.3 Å². The van der Waals surface area contributed by atoms with E-state index in [4.69, 9.17) is 4.74 Å². The largest absolute Gasteiger partial charge is 0.497 e. The molecule has 2 aromatic heterocycles. The molecule has 1 atom stereocenters. The lowest BCUT2D eigenvalue weighted by Gasteiger charge is -2.25. The first-order valence-corrected chi connectivity index (χ1v) is 11.1. The third-order valence-corrected chi connectivity index (χ3v) is 6.04. The molecule has 1 N–H and O–H groups in total. The van der Waals surface area contributed by atoms with E-state index in [0.29, 0.717) is 12.2 Å². The minimum absolute atomic E-state index is 0.0104. The van der Waals surface area contributed by atoms with Crippen molar-refractivity contribution in [1.29, 1.82) is 0 Å². The number of thiazole rings is 1. The lowest BCUT2D eigenvalue weighted by Crippen LogP contribution is -2.34. The van der Waals surface area contributed by atoms with Gasteiger partial charge in [0.25, 0.3) is 5.91 Å². The van der Waals surface area contributed by atoms with Crippen molar-refractivity contribution in [2.75, 3.05) is 27.7 Å². The van der Waals surface area contributed by atoms with Crippen molar-refractivity contribution in [3.05, 3.63) is 83.6 Å². The second-order valence-electron chi connectivity index (χ2n) is 7.51. The van der Waals surface area contributed by atoms with Gasteiger partial charge in [-0.05, 0) is 43.9 Å². The second kappa shape index (κ2) is 9.76. The van der Waals surface area contributed by atoms with Crippen molar-refractivity contribution in [3.8, 4) is 22.0 Å². The van der Waals surface area contributed by atoms with Crippen molar-refractivity contribution in [3.63, 3.8) is 0 Å². The molecule has 1 amide bonds. The van der Waals surface area contributed by atoms with E-state index in [1.807, 2.05) is 74.9 Å². The van der Waals surface area contributed by atoms with Gasteiger partial charge in [0.05, 0.1) is 25.0 Å². The molecule has 0 saturated heterocycles. The molecule has 0 aliphatic heterocycles. The van der Waals surface area contributed by atoms with E-state index in [-0.39, 0.29) is 11.9 Å². The van der Waals surface area contributed by atoms with Crippen LogP contribution in [0, 0.1) is 0 Å². The topological polar surface area (TPSA) is 72.3 Å². The Balaban J connectivity index is 1.44. The molecule has 0 spiro atoms. The number of ether oxygens (including phenoxy) is 1. The Morgan fingerprint density at radius 2 is 2.00 bits per heavy atom. The molecule has 0 saturated carbocycles. The highest BCUT2D eigenvalue weighted by molar-refractivity contribution is 7.13. The highest BCUT2D eigenvalue weighted by atomic mass is 32.1. The summed E-state index contributed by atoms with van der Waals surface area (Å²) in [7, 11) is 5.62. The summed E-state index contributed by atoms with van der Waals surface area (Å²) < 4.78 is 7.13. The zero-order valence-electron chi connectivity index (χ0n) is 18.2. The second-order valence-corrected chi connectivity index (χ2v) is 8.37. The molecule has 2 aromatic carbocycles. The van der Waals surface area contributed by atoms with Crippen LogP contribution in [0.2, 0.25) is 0 Å². The van der Waals surface area contributed by atoms with Crippen molar-refractivity contribution < 1.29 is 9.53 Å². The van der Waals surface area contributed by atoms with Crippen molar-refractivity contribution >= 4 is 17.2 Å². The fourth-order valence-corrected chi connectivity index (χ4v) is 4.17. The van der Waals surface area contributed by atoms with Gasteiger partial charge in [-0.2, -0.15) is 5.10 Å². The predicted octanol–water partition coefficient (Wildman–Crippen LogP) is 4.04. The number of nitrogens with zero attached hydrogens (tertiary/aromatic N) is 4. The maximum absolute atomic E-state index is 12.8. The van der Waals surface area contributed by atoms with Crippen LogP contribution < -0.4 is 10.1 Å². The maximum Gasteiger partial charge on any atom is 0.270 e. The molecule has 4 rings (SSSR count). The van der Waals surface area contributed by atoms with Crippen molar-refractivity contribution in [2.24, 2.45) is 0 Å². The molecule has 4 aromatic rings. The van der Waals surface area contributed by atoms with Gasteiger partial charge in [0.2, 0.25) is 0 Å². The fraction of sp³-hybridized carbons (Fsp3) is 0.208. The highest BCUT2D eigenvalue weighted by Gasteiger charge is 2.18. The van der Waals surface area contributed by atoms with E-state index in [2.05, 4.69) is 20.3 Å². The Kier molecular flexibility index (Phi) is 6.63. The summed E-state index contributed by atoms with van der Waals surface area (Å²) in [5, 5.41) is 9.96. The van der Waals surface area contributed by atoms with Gasteiger partial charge in [-0.1, -0.05) is 30.3 Å². The van der Waals surface area contributed by atoms with Crippen molar-refractivity contribution in [1.82, 2.24) is 25.0 Å². The van der Waals surface area contributed by atoms with Crippen LogP contribution >= 0.6 is 11.3 Å². The SMILES string of the molecule is COc1cccc(C(CNC(=O)c2csc(-c3cnn(-c4ccccc4)c3)n2)N(C)C)c1. The smallest absolute Gasteiger partial charge is 0.270 e. The number of hydrogen-bond donors (Lipinski definition) is 1. The first kappa shape index (κ1) is 21.7. The zero-order chi connectivity index (χ0) is 22.5. The quantitative estimate of drug-likeness (QED) is 0.441. The van der Waals surface area contributed by atoms with Crippen LogP contribution in [0.5, 0.6) is 5.75 Å². The van der Waals surface area contributed by atoms with Gasteiger partial charge in [-0.25, -0.2) is 9.67 Å². The summed E-state index contributed by atoms with van der Waals surface area (Å²) in [6.45, 7) is 0.456. The summed E-state index contributed by atoms with van der Waals surface area (Å²) >= 11 is 1.43. The van der Waals surface area contributed by atoms with Crippen LogP contribution in [0.15, 0.2) is 72.4 Å². The van der Waals surface area contributed by atoms with E-state index in [9.17, 15) is 4.79 Å². The van der Waals surface area contributed by atoms with E-state index < -0.39 is 0 Å². The number of nitrogens with one attached hydrogen (secondary N) is 1. The Hall–Kier alpha value is -3.49. The summed E-state index contributed by atoms with van der Waals surface area (Å²) in [4.78, 5) is 19.4. The van der Waals surface area contributed by atoms with Crippen LogP contribution in [-0.4, -0.2) is 53.3 Å². The van der Waals surface area contributed by atoms with Gasteiger partial charge < -0.3 is 15.0 Å². The van der Waals surface area contributed by atoms with Crippen LogP contribution in [0.25, 0.3) is 16.3 Å². The molecule has 2 heterocycles. The van der Waals surface area contributed by atoms with Crippen molar-refractivity contribution in [2.45, 2.75) is 6.04 Å². The Morgan fingerprint density at radius 1 is 1.19 bits per heavy atom. The monoisotopic (exact) mass is 447 g/mol. The molecule has 0 radical (unpaired) electrons. The van der Waals surface area contributed by atoms with Crippen LogP contribution in [0.3, 0.4) is 0 Å². The first-order valence-electron chi connectivity index (χ1n) is 10.2. The Labute approximate surface area is 191 Å². The summed E-state index contributed by atoms with van der Waals surface area (Å²) in [5.74, 6) is 0.596. The Bertz CT molecular complexity index is 1190. The number of para-hydroxylation sites is 1. The van der Waals surface area contributed by atoms with E-state index in [1.54, 1.807) is 23.4 Å². The third-order valence-electron chi connectivity index (χ3n) is 5.14. The summed E-state index contributed by atoms with van der Waals surface area (Å²) in [6.07, 6.45) is 3.68. The molecule has 8 heteroatoms. The number of aromatic nitrogens is 3. The molecule has 0 aliphatic rings. The van der Waals surface area contributed by atoms with Gasteiger partial charge in [0, 0.05) is 23.7 Å². The fourth-order valence-electron chi connectivity index (χ4n) is 3.39. The zero-order valence-corrected chi connectivity index (χ0v) is 19.0. The number of methoxy groups -OCH3 is 1. The molecular weight excluding hydrogens is 422 g/mol. The average molecular weight is 448 g/mol. The highest BCUT2D eigenvalue weighted by Crippen LogP contribution is 2.25. The standard InChI is InChI=1S/C24H25N5O2S/c1-28(2)22(17-8-7-11-20(12-17)31-3)14-25-23(30)21-16-32-24(27-21)18-13-26-29(15-18)19-9-5-4-6-10-19/h4-13,15-16,22H,14H2,1-3H3,(H,25,30). The Morgan fingerprint density at radius 3 is 2.75 bits per heavy atom. The molecule has 0 fully saturated rings. The number of carbonyl (C=O) groups excluding carboxylic acids is 1. The first-order chi connectivity index (χ1) is 15.5. The van der Waals surface area contributed by atoms with Gasteiger partial charge in [0.1, 0.15) is 16.5 Å². The molecule has 7 nitrogen and oxygen atoms in total. The van der Waals surface area contributed by atoms with Crippen LogP contribution in [0.4, 0.5) is 0 Å². The van der Waals surface area contributed by atoms with Gasteiger partial charge in [-0.15, -0.1) is 11.3 Å². The minimum Gasteiger partial charge on any atom is -0.497 e. The maximum atomic E-state index is 12.8. The minimum atomic E-state index is -0.197. The van der Waals surface area contributed by atoms with Crippen LogP contribution in [-0.2, 0) is 0 Å². The molecule has 0 aliphatic carbocycles. The number of benzene rings is 2. The average Bonchev–Trinajstić information content (AvgIpc) is 3.50. The molecule has 1 unspecified atom stereocenters. The lowest BCUT2D eigenvalue weighted by molar-refractivity contribution is 0.0937. The van der Waals surface area contributed by atoms with Crippen LogP contribution in [0.1, 0.15) is 22.1 Å². The van der Waals surface area contributed by atoms with Gasteiger partial charge >= 0.3 is 0 Å². The molecule has 164 valence electrons. The van der Waals surface area contributed by atoms with Gasteiger partial charge in [-0.3, -0.25) is 4.79 Å². The molecular formula is C24H25N5O2S.